The molecule has 1 amide bonds. The van der Waals surface area contributed by atoms with Crippen LogP contribution < -0.4 is 10.6 Å². The summed E-state index contributed by atoms with van der Waals surface area (Å²) < 4.78 is 5.44. The summed E-state index contributed by atoms with van der Waals surface area (Å²) in [4.78, 5) is 16.1. The molecule has 0 bridgehead atoms. The third-order valence-corrected chi connectivity index (χ3v) is 3.63. The summed E-state index contributed by atoms with van der Waals surface area (Å²) in [6, 6.07) is 5.26. The molecule has 1 saturated heterocycles. The van der Waals surface area contributed by atoms with E-state index in [9.17, 15) is 9.90 Å². The Bertz CT molecular complexity index is 554. The number of hydrogen-bond acceptors (Lipinski definition) is 5. The maximum atomic E-state index is 12.2. The summed E-state index contributed by atoms with van der Waals surface area (Å²) in [5.41, 5.74) is 6.41. The van der Waals surface area contributed by atoms with Crippen molar-refractivity contribution in [3.05, 3.63) is 18.2 Å². The number of carbonyl (C=O) groups is 1. The lowest BCUT2D eigenvalue weighted by atomic mass is 10.1. The van der Waals surface area contributed by atoms with Crippen LogP contribution in [0.3, 0.4) is 0 Å². The van der Waals surface area contributed by atoms with E-state index in [0.29, 0.717) is 25.3 Å². The van der Waals surface area contributed by atoms with Crippen molar-refractivity contribution < 1.29 is 14.6 Å². The van der Waals surface area contributed by atoms with Crippen molar-refractivity contribution in [2.45, 2.75) is 39.3 Å². The summed E-state index contributed by atoms with van der Waals surface area (Å²) >= 11 is 0. The van der Waals surface area contributed by atoms with E-state index in [1.165, 1.54) is 0 Å². The first-order valence-corrected chi connectivity index (χ1v) is 7.50. The SMILES string of the molecule is CC1CN(c2ccc(N)c(O)c2)CCN1C(=O)OC(C)(C)C. The predicted octanol–water partition coefficient (Wildman–Crippen LogP) is 2.42. The van der Waals surface area contributed by atoms with E-state index in [2.05, 4.69) is 4.90 Å². The molecular formula is C16H25N3O3. The molecule has 1 fully saturated rings. The second-order valence-electron chi connectivity index (χ2n) is 6.71. The van der Waals surface area contributed by atoms with Gasteiger partial charge in [0.1, 0.15) is 11.4 Å². The van der Waals surface area contributed by atoms with Crippen molar-refractivity contribution in [3.63, 3.8) is 0 Å². The zero-order valence-corrected chi connectivity index (χ0v) is 13.7. The Balaban J connectivity index is 2.03. The van der Waals surface area contributed by atoms with Crippen molar-refractivity contribution in [1.82, 2.24) is 4.90 Å². The quantitative estimate of drug-likeness (QED) is 0.615. The van der Waals surface area contributed by atoms with Gasteiger partial charge in [0.15, 0.2) is 0 Å². The highest BCUT2D eigenvalue weighted by molar-refractivity contribution is 5.69. The van der Waals surface area contributed by atoms with Crippen LogP contribution in [0.5, 0.6) is 5.75 Å². The van der Waals surface area contributed by atoms with Gasteiger partial charge in [0.25, 0.3) is 0 Å². The fourth-order valence-corrected chi connectivity index (χ4v) is 2.51. The number of phenols is 1. The zero-order valence-electron chi connectivity index (χ0n) is 13.7. The van der Waals surface area contributed by atoms with Gasteiger partial charge in [-0.1, -0.05) is 0 Å². The molecule has 1 aromatic rings. The summed E-state index contributed by atoms with van der Waals surface area (Å²) in [7, 11) is 0. The van der Waals surface area contributed by atoms with Gasteiger partial charge in [0.05, 0.1) is 5.69 Å². The topological polar surface area (TPSA) is 79.0 Å². The minimum Gasteiger partial charge on any atom is -0.506 e. The summed E-state index contributed by atoms with van der Waals surface area (Å²) in [5.74, 6) is 0.0831. The molecule has 1 heterocycles. The molecule has 22 heavy (non-hydrogen) atoms. The van der Waals surface area contributed by atoms with E-state index in [-0.39, 0.29) is 17.9 Å². The van der Waals surface area contributed by atoms with Crippen LogP contribution in [0.15, 0.2) is 18.2 Å². The Labute approximate surface area is 131 Å². The van der Waals surface area contributed by atoms with Crippen LogP contribution in [0.25, 0.3) is 0 Å². The Morgan fingerprint density at radius 2 is 2.05 bits per heavy atom. The standard InChI is InChI=1S/C16H25N3O3/c1-11-10-18(12-5-6-13(17)14(20)9-12)7-8-19(11)15(21)22-16(2,3)4/h5-6,9,11,20H,7-8,10,17H2,1-4H3. The highest BCUT2D eigenvalue weighted by Crippen LogP contribution is 2.28. The molecule has 122 valence electrons. The van der Waals surface area contributed by atoms with Gasteiger partial charge in [-0.05, 0) is 39.8 Å². The average molecular weight is 307 g/mol. The van der Waals surface area contributed by atoms with Crippen LogP contribution >= 0.6 is 0 Å². The number of aromatic hydroxyl groups is 1. The molecule has 3 N–H and O–H groups in total. The van der Waals surface area contributed by atoms with Gasteiger partial charge in [-0.2, -0.15) is 0 Å². The van der Waals surface area contributed by atoms with E-state index < -0.39 is 5.60 Å². The van der Waals surface area contributed by atoms with Gasteiger partial charge < -0.3 is 25.4 Å². The zero-order chi connectivity index (χ0) is 16.5. The van der Waals surface area contributed by atoms with Crippen molar-refractivity contribution in [1.29, 1.82) is 0 Å². The Morgan fingerprint density at radius 3 is 2.59 bits per heavy atom. The summed E-state index contributed by atoms with van der Waals surface area (Å²) in [6.07, 6.45) is -0.278. The van der Waals surface area contributed by atoms with E-state index in [1.807, 2.05) is 33.8 Å². The number of piperazine rings is 1. The number of rotatable bonds is 1. The maximum absolute atomic E-state index is 12.2. The highest BCUT2D eigenvalue weighted by atomic mass is 16.6. The molecule has 0 radical (unpaired) electrons. The Kier molecular flexibility index (Phi) is 4.39. The normalized spacial score (nSPS) is 19.2. The number of phenolic OH excluding ortho intramolecular Hbond substituents is 1. The van der Waals surface area contributed by atoms with Gasteiger partial charge in [0.2, 0.25) is 0 Å². The molecule has 1 aromatic carbocycles. The number of anilines is 2. The Morgan fingerprint density at radius 1 is 1.36 bits per heavy atom. The van der Waals surface area contributed by atoms with Crippen LogP contribution in [0.2, 0.25) is 0 Å². The first-order valence-electron chi connectivity index (χ1n) is 7.50. The van der Waals surface area contributed by atoms with Gasteiger partial charge in [-0.3, -0.25) is 0 Å². The number of nitrogens with two attached hydrogens (primary N) is 1. The van der Waals surface area contributed by atoms with Crippen LogP contribution in [-0.2, 0) is 4.74 Å². The molecule has 0 spiro atoms. The van der Waals surface area contributed by atoms with Crippen LogP contribution in [0, 0.1) is 0 Å². The van der Waals surface area contributed by atoms with Crippen LogP contribution in [0.1, 0.15) is 27.7 Å². The molecule has 1 aliphatic rings. The lowest BCUT2D eigenvalue weighted by Gasteiger charge is -2.41. The van der Waals surface area contributed by atoms with E-state index in [4.69, 9.17) is 10.5 Å². The van der Waals surface area contributed by atoms with Crippen LogP contribution in [0.4, 0.5) is 16.2 Å². The second kappa shape index (κ2) is 5.94. The lowest BCUT2D eigenvalue weighted by Crippen LogP contribution is -2.55. The molecule has 6 heteroatoms. The molecule has 0 aliphatic carbocycles. The van der Waals surface area contributed by atoms with Gasteiger partial charge in [-0.25, -0.2) is 4.79 Å². The number of benzene rings is 1. The number of nitrogen functional groups attached to an aromatic ring is 1. The maximum Gasteiger partial charge on any atom is 0.410 e. The molecule has 2 rings (SSSR count). The minimum absolute atomic E-state index is 0.0308. The first-order chi connectivity index (χ1) is 10.2. The number of nitrogens with zero attached hydrogens (tertiary/aromatic N) is 2. The first kappa shape index (κ1) is 16.3. The summed E-state index contributed by atoms with van der Waals surface area (Å²) in [6.45, 7) is 9.54. The molecule has 1 unspecified atom stereocenters. The fraction of sp³-hybridized carbons (Fsp3) is 0.562. The van der Waals surface area contributed by atoms with Crippen molar-refractivity contribution >= 4 is 17.5 Å². The fourth-order valence-electron chi connectivity index (χ4n) is 2.51. The lowest BCUT2D eigenvalue weighted by molar-refractivity contribution is 0.0159. The van der Waals surface area contributed by atoms with E-state index in [1.54, 1.807) is 17.0 Å². The van der Waals surface area contributed by atoms with Gasteiger partial charge >= 0.3 is 6.09 Å². The molecular weight excluding hydrogens is 282 g/mol. The monoisotopic (exact) mass is 307 g/mol. The smallest absolute Gasteiger partial charge is 0.410 e. The number of amides is 1. The van der Waals surface area contributed by atoms with E-state index in [0.717, 1.165) is 5.69 Å². The van der Waals surface area contributed by atoms with Gasteiger partial charge in [-0.15, -0.1) is 0 Å². The number of hydrogen-bond donors (Lipinski definition) is 2. The molecule has 1 atom stereocenters. The average Bonchev–Trinajstić information content (AvgIpc) is 2.39. The third-order valence-electron chi connectivity index (χ3n) is 3.63. The third kappa shape index (κ3) is 3.75. The molecule has 0 saturated carbocycles. The summed E-state index contributed by atoms with van der Waals surface area (Å²) in [5, 5.41) is 9.73. The van der Waals surface area contributed by atoms with Crippen molar-refractivity contribution in [2.75, 3.05) is 30.3 Å². The highest BCUT2D eigenvalue weighted by Gasteiger charge is 2.31. The number of carbonyl (C=O) groups excluding carboxylic acids is 1. The largest absolute Gasteiger partial charge is 0.506 e. The molecule has 6 nitrogen and oxygen atoms in total. The molecule has 1 aliphatic heterocycles. The van der Waals surface area contributed by atoms with Gasteiger partial charge in [0, 0.05) is 37.4 Å². The molecule has 0 aromatic heterocycles. The van der Waals surface area contributed by atoms with Crippen LogP contribution in [-0.4, -0.2) is 47.4 Å². The van der Waals surface area contributed by atoms with Crippen molar-refractivity contribution in [2.24, 2.45) is 0 Å². The van der Waals surface area contributed by atoms with Crippen molar-refractivity contribution in [3.8, 4) is 5.75 Å². The predicted molar refractivity (Wildman–Crippen MR) is 87.1 cm³/mol. The second-order valence-corrected chi connectivity index (χ2v) is 6.71. The minimum atomic E-state index is -0.489. The number of ether oxygens (including phenoxy) is 1. The Hall–Kier alpha value is -2.11. The van der Waals surface area contributed by atoms with E-state index >= 15 is 0 Å².